The predicted octanol–water partition coefficient (Wildman–Crippen LogP) is 4.02. The second kappa shape index (κ2) is 6.54. The van der Waals surface area contributed by atoms with Crippen LogP contribution in [0.3, 0.4) is 0 Å². The highest BCUT2D eigenvalue weighted by molar-refractivity contribution is 6.79. The van der Waals surface area contributed by atoms with E-state index in [1.807, 2.05) is 0 Å². The highest BCUT2D eigenvalue weighted by Crippen LogP contribution is 2.23. The first-order valence-corrected chi connectivity index (χ1v) is 9.27. The lowest BCUT2D eigenvalue weighted by Crippen LogP contribution is -2.39. The Hall–Kier alpha value is -1.36. The first-order valence-electron chi connectivity index (χ1n) is 6.44. The minimum atomic E-state index is -1.29. The summed E-state index contributed by atoms with van der Waals surface area (Å²) in [6, 6.07) is 9.98. The van der Waals surface area contributed by atoms with Crippen LogP contribution in [0.2, 0.25) is 18.1 Å². The molecule has 0 aliphatic rings. The van der Waals surface area contributed by atoms with Crippen molar-refractivity contribution in [1.29, 1.82) is 0 Å². The predicted molar refractivity (Wildman–Crippen MR) is 75.8 cm³/mol. The van der Waals surface area contributed by atoms with Crippen LogP contribution in [-0.4, -0.2) is 19.2 Å². The molecule has 0 aliphatic carbocycles. The van der Waals surface area contributed by atoms with Crippen LogP contribution in [0, 0.1) is 10.1 Å². The SMILES string of the molecule is CC[Si](CC)(CC)COc1ccc([N+](=O)[O-])cc1. The fraction of sp³-hybridized carbons (Fsp3) is 0.538. The average Bonchev–Trinajstić information content (AvgIpc) is 2.41. The highest BCUT2D eigenvalue weighted by atomic mass is 28.3. The number of ether oxygens (including phenoxy) is 1. The lowest BCUT2D eigenvalue weighted by Gasteiger charge is -2.27. The molecule has 1 rings (SSSR count). The molecule has 4 nitrogen and oxygen atoms in total. The molecular weight excluding hydrogens is 246 g/mol. The van der Waals surface area contributed by atoms with Crippen LogP contribution in [0.5, 0.6) is 5.75 Å². The van der Waals surface area contributed by atoms with Crippen LogP contribution < -0.4 is 4.74 Å². The summed E-state index contributed by atoms with van der Waals surface area (Å²) >= 11 is 0. The quantitative estimate of drug-likeness (QED) is 0.426. The van der Waals surface area contributed by atoms with Crippen LogP contribution in [0.1, 0.15) is 20.8 Å². The van der Waals surface area contributed by atoms with Crippen LogP contribution >= 0.6 is 0 Å². The molecule has 0 aromatic heterocycles. The van der Waals surface area contributed by atoms with Gasteiger partial charge in [-0.05, 0) is 12.1 Å². The fourth-order valence-electron chi connectivity index (χ4n) is 1.96. The average molecular weight is 267 g/mol. The molecule has 0 atom stereocenters. The summed E-state index contributed by atoms with van der Waals surface area (Å²) in [5, 5.41) is 10.5. The summed E-state index contributed by atoms with van der Waals surface area (Å²) in [5.74, 6) is 0.729. The molecule has 0 heterocycles. The zero-order valence-electron chi connectivity index (χ0n) is 11.3. The summed E-state index contributed by atoms with van der Waals surface area (Å²) < 4.78 is 5.82. The zero-order valence-corrected chi connectivity index (χ0v) is 12.3. The van der Waals surface area contributed by atoms with Crippen LogP contribution in [0.25, 0.3) is 0 Å². The molecule has 18 heavy (non-hydrogen) atoms. The van der Waals surface area contributed by atoms with Gasteiger partial charge in [0.05, 0.1) is 19.2 Å². The summed E-state index contributed by atoms with van der Waals surface area (Å²) in [7, 11) is -1.29. The Morgan fingerprint density at radius 3 is 2.00 bits per heavy atom. The Labute approximate surface area is 109 Å². The molecule has 0 amide bonds. The standard InChI is InChI=1S/C13H21NO3Si/c1-4-18(5-2,6-3)11-17-13-9-7-12(8-10-13)14(15)16/h7-10H,4-6,11H2,1-3H3. The summed E-state index contributed by atoms with van der Waals surface area (Å²) in [6.07, 6.45) is 0.800. The number of rotatable bonds is 7. The van der Waals surface area contributed by atoms with Gasteiger partial charge < -0.3 is 4.74 Å². The smallest absolute Gasteiger partial charge is 0.269 e. The number of benzene rings is 1. The molecule has 5 heteroatoms. The van der Waals surface area contributed by atoms with Gasteiger partial charge in [-0.25, -0.2) is 0 Å². The summed E-state index contributed by atoms with van der Waals surface area (Å²) in [6.45, 7) is 6.70. The number of hydrogen-bond acceptors (Lipinski definition) is 3. The molecule has 0 spiro atoms. The lowest BCUT2D eigenvalue weighted by atomic mass is 10.3. The van der Waals surface area contributed by atoms with Crippen LogP contribution in [0.4, 0.5) is 5.69 Å². The van der Waals surface area contributed by atoms with Crippen molar-refractivity contribution < 1.29 is 9.66 Å². The molecule has 0 unspecified atom stereocenters. The van der Waals surface area contributed by atoms with Crippen molar-refractivity contribution >= 4 is 13.8 Å². The van der Waals surface area contributed by atoms with E-state index in [0.717, 1.165) is 12.0 Å². The van der Waals surface area contributed by atoms with Gasteiger partial charge in [0.1, 0.15) is 5.75 Å². The maximum atomic E-state index is 10.5. The van der Waals surface area contributed by atoms with Gasteiger partial charge in [0, 0.05) is 12.1 Å². The largest absolute Gasteiger partial charge is 0.497 e. The van der Waals surface area contributed by atoms with Crippen LogP contribution in [-0.2, 0) is 0 Å². The van der Waals surface area contributed by atoms with Crippen LogP contribution in [0.15, 0.2) is 24.3 Å². The van der Waals surface area contributed by atoms with Gasteiger partial charge in [0.15, 0.2) is 0 Å². The van der Waals surface area contributed by atoms with E-state index in [1.54, 1.807) is 12.1 Å². The normalized spacial score (nSPS) is 11.3. The van der Waals surface area contributed by atoms with Crippen molar-refractivity contribution in [2.75, 3.05) is 6.23 Å². The molecule has 0 N–H and O–H groups in total. The monoisotopic (exact) mass is 267 g/mol. The van der Waals surface area contributed by atoms with Gasteiger partial charge in [-0.1, -0.05) is 38.9 Å². The van der Waals surface area contributed by atoms with Crippen molar-refractivity contribution in [1.82, 2.24) is 0 Å². The van der Waals surface area contributed by atoms with E-state index >= 15 is 0 Å². The fourth-order valence-corrected chi connectivity index (χ4v) is 4.54. The van der Waals surface area contributed by atoms with Gasteiger partial charge in [0.2, 0.25) is 0 Å². The second-order valence-electron chi connectivity index (χ2n) is 4.60. The topological polar surface area (TPSA) is 52.4 Å². The second-order valence-corrected chi connectivity index (χ2v) is 10.0. The van der Waals surface area contributed by atoms with E-state index in [2.05, 4.69) is 20.8 Å². The third-order valence-corrected chi connectivity index (χ3v) is 9.10. The molecule has 0 bridgehead atoms. The van der Waals surface area contributed by atoms with E-state index in [0.29, 0.717) is 0 Å². The number of hydrogen-bond donors (Lipinski definition) is 0. The van der Waals surface area contributed by atoms with Crippen molar-refractivity contribution in [3.8, 4) is 5.75 Å². The Morgan fingerprint density at radius 1 is 1.11 bits per heavy atom. The van der Waals surface area contributed by atoms with E-state index in [4.69, 9.17) is 4.74 Å². The molecule has 1 aromatic rings. The van der Waals surface area contributed by atoms with E-state index in [1.165, 1.54) is 30.3 Å². The van der Waals surface area contributed by atoms with Gasteiger partial charge >= 0.3 is 0 Å². The van der Waals surface area contributed by atoms with Gasteiger partial charge in [-0.15, -0.1) is 0 Å². The molecule has 0 saturated carbocycles. The Kier molecular flexibility index (Phi) is 5.34. The Bertz CT molecular complexity index is 379. The first-order chi connectivity index (χ1) is 8.56. The summed E-state index contributed by atoms with van der Waals surface area (Å²) in [4.78, 5) is 10.1. The Morgan fingerprint density at radius 2 is 1.61 bits per heavy atom. The number of nitrogens with zero attached hydrogens (tertiary/aromatic N) is 1. The van der Waals surface area contributed by atoms with Crippen molar-refractivity contribution in [3.63, 3.8) is 0 Å². The highest BCUT2D eigenvalue weighted by Gasteiger charge is 2.27. The van der Waals surface area contributed by atoms with E-state index in [-0.39, 0.29) is 5.69 Å². The number of nitro groups is 1. The summed E-state index contributed by atoms with van der Waals surface area (Å²) in [5.41, 5.74) is 0.104. The third kappa shape index (κ3) is 3.56. The third-order valence-electron chi connectivity index (χ3n) is 3.84. The first kappa shape index (κ1) is 14.7. The van der Waals surface area contributed by atoms with Gasteiger partial charge in [0.25, 0.3) is 5.69 Å². The van der Waals surface area contributed by atoms with Gasteiger partial charge in [-0.2, -0.15) is 0 Å². The van der Waals surface area contributed by atoms with Crippen molar-refractivity contribution in [2.45, 2.75) is 38.9 Å². The molecule has 0 aliphatic heterocycles. The maximum Gasteiger partial charge on any atom is 0.269 e. The molecule has 0 saturated heterocycles. The van der Waals surface area contributed by atoms with E-state index < -0.39 is 13.0 Å². The number of non-ortho nitro benzene ring substituents is 1. The Balaban J connectivity index is 2.65. The van der Waals surface area contributed by atoms with Crippen molar-refractivity contribution in [3.05, 3.63) is 34.4 Å². The molecule has 0 radical (unpaired) electrons. The minimum absolute atomic E-state index is 0.104. The molecule has 1 aromatic carbocycles. The van der Waals surface area contributed by atoms with Gasteiger partial charge in [-0.3, -0.25) is 10.1 Å². The lowest BCUT2D eigenvalue weighted by molar-refractivity contribution is -0.384. The molecular formula is C13H21NO3Si. The van der Waals surface area contributed by atoms with Crippen molar-refractivity contribution in [2.24, 2.45) is 0 Å². The zero-order chi connectivity index (χ0) is 13.6. The van der Waals surface area contributed by atoms with E-state index in [9.17, 15) is 10.1 Å². The minimum Gasteiger partial charge on any atom is -0.497 e. The maximum absolute atomic E-state index is 10.5. The molecule has 0 fully saturated rings. The molecule has 100 valence electrons. The number of nitro benzene ring substituents is 1.